The molecule has 4 nitrogen and oxygen atoms in total. The predicted octanol–water partition coefficient (Wildman–Crippen LogP) is 1.36. The number of nitrogens with zero attached hydrogens (tertiary/aromatic N) is 2. The lowest BCUT2D eigenvalue weighted by atomic mass is 9.98. The van der Waals surface area contributed by atoms with Crippen LogP contribution in [0.15, 0.2) is 30.3 Å². The fraction of sp³-hybridized carbons (Fsp3) is 0.588. The molecule has 2 N–H and O–H groups in total. The van der Waals surface area contributed by atoms with E-state index in [1.54, 1.807) is 0 Å². The molecule has 0 saturated carbocycles. The van der Waals surface area contributed by atoms with Gasteiger partial charge in [-0.05, 0) is 37.9 Å². The van der Waals surface area contributed by atoms with Gasteiger partial charge >= 0.3 is 0 Å². The first-order valence-corrected chi connectivity index (χ1v) is 7.92. The molecule has 1 amide bonds. The molecule has 2 rings (SSSR count). The molecule has 0 bridgehead atoms. The Hall–Kier alpha value is -1.39. The topological polar surface area (TPSA) is 49.6 Å². The van der Waals surface area contributed by atoms with Crippen molar-refractivity contribution in [3.05, 3.63) is 35.9 Å². The van der Waals surface area contributed by atoms with Gasteiger partial charge in [0.05, 0.1) is 5.92 Å². The quantitative estimate of drug-likeness (QED) is 0.824. The largest absolute Gasteiger partial charge is 0.344 e. The van der Waals surface area contributed by atoms with Gasteiger partial charge in [-0.15, -0.1) is 0 Å². The number of likely N-dealkylation sites (tertiary alicyclic amines) is 1. The van der Waals surface area contributed by atoms with E-state index in [0.717, 1.165) is 19.5 Å². The Morgan fingerprint density at radius 3 is 2.57 bits per heavy atom. The van der Waals surface area contributed by atoms with Crippen LogP contribution in [0.2, 0.25) is 0 Å². The van der Waals surface area contributed by atoms with Crippen LogP contribution in [0, 0.1) is 5.92 Å². The van der Waals surface area contributed by atoms with Gasteiger partial charge in [0.25, 0.3) is 0 Å². The van der Waals surface area contributed by atoms with E-state index in [9.17, 15) is 4.79 Å². The highest BCUT2D eigenvalue weighted by Gasteiger charge is 2.22. The molecule has 0 radical (unpaired) electrons. The van der Waals surface area contributed by atoms with Gasteiger partial charge < -0.3 is 15.5 Å². The van der Waals surface area contributed by atoms with Crippen molar-refractivity contribution in [3.8, 4) is 0 Å². The molecule has 0 aliphatic carbocycles. The van der Waals surface area contributed by atoms with E-state index >= 15 is 0 Å². The highest BCUT2D eigenvalue weighted by molar-refractivity contribution is 5.79. The monoisotopic (exact) mass is 289 g/mol. The summed E-state index contributed by atoms with van der Waals surface area (Å²) in [4.78, 5) is 16.8. The van der Waals surface area contributed by atoms with Crippen molar-refractivity contribution in [1.82, 2.24) is 9.80 Å². The van der Waals surface area contributed by atoms with Crippen LogP contribution in [0.1, 0.15) is 18.4 Å². The van der Waals surface area contributed by atoms with Crippen LogP contribution >= 0.6 is 0 Å². The summed E-state index contributed by atoms with van der Waals surface area (Å²) in [5.74, 6) is 0.0523. The third-order valence-electron chi connectivity index (χ3n) is 4.29. The van der Waals surface area contributed by atoms with Crippen molar-refractivity contribution in [1.29, 1.82) is 0 Å². The standard InChI is InChI=1S/C17H27N3O/c1-19(11-12-20-9-5-6-10-20)17(21)16(14-18)13-15-7-3-2-4-8-15/h2-4,7-8,16H,5-6,9-14,18H2,1H3. The van der Waals surface area contributed by atoms with Gasteiger partial charge in [0.1, 0.15) is 0 Å². The molecule has 1 heterocycles. The Balaban J connectivity index is 1.83. The number of carbonyl (C=O) groups excluding carboxylic acids is 1. The van der Waals surface area contributed by atoms with Crippen molar-refractivity contribution in [2.24, 2.45) is 11.7 Å². The van der Waals surface area contributed by atoms with E-state index in [-0.39, 0.29) is 11.8 Å². The highest BCUT2D eigenvalue weighted by Crippen LogP contribution is 2.11. The van der Waals surface area contributed by atoms with Crippen LogP contribution in [0.3, 0.4) is 0 Å². The van der Waals surface area contributed by atoms with Gasteiger partial charge in [-0.25, -0.2) is 0 Å². The summed E-state index contributed by atoms with van der Waals surface area (Å²) in [7, 11) is 1.89. The minimum atomic E-state index is -0.115. The molecule has 4 heteroatoms. The first-order chi connectivity index (χ1) is 10.2. The van der Waals surface area contributed by atoms with Crippen LogP contribution in [0.4, 0.5) is 0 Å². The van der Waals surface area contributed by atoms with Crippen molar-refractivity contribution >= 4 is 5.91 Å². The first kappa shape index (κ1) is 16.0. The Bertz CT molecular complexity index is 429. The average molecular weight is 289 g/mol. The number of amides is 1. The average Bonchev–Trinajstić information content (AvgIpc) is 3.04. The molecule has 1 fully saturated rings. The van der Waals surface area contributed by atoms with Crippen molar-refractivity contribution < 1.29 is 4.79 Å². The molecule has 116 valence electrons. The summed E-state index contributed by atoms with van der Waals surface area (Å²) in [6.45, 7) is 4.52. The Morgan fingerprint density at radius 1 is 1.29 bits per heavy atom. The summed E-state index contributed by atoms with van der Waals surface area (Å²) in [5, 5.41) is 0. The SMILES string of the molecule is CN(CCN1CCCC1)C(=O)C(CN)Cc1ccccc1. The van der Waals surface area contributed by atoms with Crippen molar-refractivity contribution in [2.75, 3.05) is 39.8 Å². The van der Waals surface area contributed by atoms with Gasteiger partial charge in [0.15, 0.2) is 0 Å². The van der Waals surface area contributed by atoms with Crippen molar-refractivity contribution in [2.45, 2.75) is 19.3 Å². The van der Waals surface area contributed by atoms with Crippen LogP contribution in [0.25, 0.3) is 0 Å². The van der Waals surface area contributed by atoms with E-state index in [1.165, 1.54) is 31.5 Å². The summed E-state index contributed by atoms with van der Waals surface area (Å²) in [6, 6.07) is 10.1. The molecule has 0 aromatic heterocycles. The lowest BCUT2D eigenvalue weighted by Gasteiger charge is -2.25. The predicted molar refractivity (Wildman–Crippen MR) is 86.0 cm³/mol. The number of hydrogen-bond acceptors (Lipinski definition) is 3. The minimum absolute atomic E-state index is 0.115. The van der Waals surface area contributed by atoms with E-state index in [0.29, 0.717) is 6.54 Å². The summed E-state index contributed by atoms with van der Waals surface area (Å²) < 4.78 is 0. The number of likely N-dealkylation sites (N-methyl/N-ethyl adjacent to an activating group) is 1. The summed E-state index contributed by atoms with van der Waals surface area (Å²) in [6.07, 6.45) is 3.30. The normalized spacial score (nSPS) is 16.9. The zero-order valence-corrected chi connectivity index (χ0v) is 13.0. The second kappa shape index (κ2) is 8.15. The highest BCUT2D eigenvalue weighted by atomic mass is 16.2. The number of nitrogens with two attached hydrogens (primary N) is 1. The van der Waals surface area contributed by atoms with Gasteiger partial charge in [0.2, 0.25) is 5.91 Å². The molecule has 1 saturated heterocycles. The second-order valence-corrected chi connectivity index (χ2v) is 5.93. The van der Waals surface area contributed by atoms with Crippen molar-refractivity contribution in [3.63, 3.8) is 0 Å². The maximum atomic E-state index is 12.5. The van der Waals surface area contributed by atoms with Gasteiger partial charge in [-0.1, -0.05) is 30.3 Å². The second-order valence-electron chi connectivity index (χ2n) is 5.93. The smallest absolute Gasteiger partial charge is 0.227 e. The third kappa shape index (κ3) is 4.83. The number of benzene rings is 1. The number of rotatable bonds is 7. The maximum Gasteiger partial charge on any atom is 0.227 e. The van der Waals surface area contributed by atoms with Crippen LogP contribution in [-0.2, 0) is 11.2 Å². The molecule has 1 unspecified atom stereocenters. The van der Waals surface area contributed by atoms with E-state index in [1.807, 2.05) is 30.1 Å². The van der Waals surface area contributed by atoms with Gasteiger partial charge in [-0.2, -0.15) is 0 Å². The molecular formula is C17H27N3O. The van der Waals surface area contributed by atoms with Crippen LogP contribution in [-0.4, -0.2) is 55.5 Å². The molecule has 1 aliphatic rings. The summed E-state index contributed by atoms with van der Waals surface area (Å²) in [5.41, 5.74) is 6.99. The Labute approximate surface area is 127 Å². The Morgan fingerprint density at radius 2 is 1.95 bits per heavy atom. The fourth-order valence-electron chi connectivity index (χ4n) is 2.89. The Kier molecular flexibility index (Phi) is 6.21. The molecule has 1 aromatic carbocycles. The lowest BCUT2D eigenvalue weighted by Crippen LogP contribution is -2.41. The molecule has 21 heavy (non-hydrogen) atoms. The maximum absolute atomic E-state index is 12.5. The number of carbonyl (C=O) groups is 1. The molecule has 1 aromatic rings. The fourth-order valence-corrected chi connectivity index (χ4v) is 2.89. The summed E-state index contributed by atoms with van der Waals surface area (Å²) >= 11 is 0. The third-order valence-corrected chi connectivity index (χ3v) is 4.29. The zero-order valence-electron chi connectivity index (χ0n) is 13.0. The first-order valence-electron chi connectivity index (χ1n) is 7.92. The lowest BCUT2D eigenvalue weighted by molar-refractivity contribution is -0.134. The molecule has 1 aliphatic heterocycles. The molecule has 1 atom stereocenters. The zero-order chi connectivity index (χ0) is 15.1. The minimum Gasteiger partial charge on any atom is -0.344 e. The van der Waals surface area contributed by atoms with Crippen LogP contribution in [0.5, 0.6) is 0 Å². The number of hydrogen-bond donors (Lipinski definition) is 1. The van der Waals surface area contributed by atoms with E-state index < -0.39 is 0 Å². The van der Waals surface area contributed by atoms with Gasteiger partial charge in [-0.3, -0.25) is 4.79 Å². The van der Waals surface area contributed by atoms with Crippen LogP contribution < -0.4 is 5.73 Å². The molecular weight excluding hydrogens is 262 g/mol. The van der Waals surface area contributed by atoms with Gasteiger partial charge in [0, 0.05) is 26.7 Å². The van der Waals surface area contributed by atoms with E-state index in [4.69, 9.17) is 5.73 Å². The molecule has 0 spiro atoms. The van der Waals surface area contributed by atoms with E-state index in [2.05, 4.69) is 17.0 Å².